The first kappa shape index (κ1) is 20.8. The normalized spacial score (nSPS) is 24.9. The van der Waals surface area contributed by atoms with Gasteiger partial charge in [0.2, 0.25) is 0 Å². The number of carbonyl (C=O) groups is 1. The number of hydrogen-bond donors (Lipinski definition) is 3. The molecule has 0 aromatic heterocycles. The van der Waals surface area contributed by atoms with Crippen LogP contribution in [0.1, 0.15) is 37.7 Å². The van der Waals surface area contributed by atoms with Crippen LogP contribution in [0, 0.1) is 0 Å². The number of nitrogens with one attached hydrogen (secondary N) is 2. The number of rotatable bonds is 4. The van der Waals surface area contributed by atoms with E-state index in [0.29, 0.717) is 17.9 Å². The number of halogens is 1. The largest absolute Gasteiger partial charge is 0.366 e. The first-order valence-electron chi connectivity index (χ1n) is 9.60. The summed E-state index contributed by atoms with van der Waals surface area (Å²) in [5, 5.41) is 14.7. The molecule has 0 bridgehead atoms. The van der Waals surface area contributed by atoms with Crippen molar-refractivity contribution in [2.75, 3.05) is 18.8 Å². The molecule has 4 rings (SSSR count). The molecular weight excluding hydrogens is 436 g/mol. The Morgan fingerprint density at radius 2 is 2.07 bits per heavy atom. The number of carbonyl (C=O) groups excluding carboxylic acids is 1. The summed E-state index contributed by atoms with van der Waals surface area (Å²) in [6.07, 6.45) is 4.53. The number of sulfonamides is 1. The maximum absolute atomic E-state index is 12.8. The van der Waals surface area contributed by atoms with Gasteiger partial charge in [-0.2, -0.15) is 0 Å². The van der Waals surface area contributed by atoms with E-state index >= 15 is 0 Å². The lowest BCUT2D eigenvalue weighted by Gasteiger charge is -2.36. The van der Waals surface area contributed by atoms with Crippen molar-refractivity contribution >= 4 is 44.6 Å². The van der Waals surface area contributed by atoms with Crippen molar-refractivity contribution in [1.29, 1.82) is 0 Å². The van der Waals surface area contributed by atoms with Crippen LogP contribution in [-0.2, 0) is 15.7 Å². The van der Waals surface area contributed by atoms with Crippen LogP contribution in [0.15, 0.2) is 28.1 Å². The Kier molecular flexibility index (Phi) is 5.71. The van der Waals surface area contributed by atoms with Crippen molar-refractivity contribution in [3.63, 3.8) is 0 Å². The van der Waals surface area contributed by atoms with Crippen LogP contribution >= 0.6 is 23.4 Å². The quantitative estimate of drug-likeness (QED) is 0.638. The minimum Gasteiger partial charge on any atom is -0.366 e. The molecule has 2 aliphatic heterocycles. The zero-order valence-corrected chi connectivity index (χ0v) is 18.1. The Morgan fingerprint density at radius 1 is 1.31 bits per heavy atom. The maximum Gasteiger partial charge on any atom is 0.328 e. The number of aliphatic imine (C=N–C) groups is 1. The van der Waals surface area contributed by atoms with E-state index in [1.54, 1.807) is 11.0 Å². The average Bonchev–Trinajstić information content (AvgIpc) is 3.30. The summed E-state index contributed by atoms with van der Waals surface area (Å²) in [5.41, 5.74) is -0.969. The molecule has 1 saturated heterocycles. The van der Waals surface area contributed by atoms with Gasteiger partial charge in [0.1, 0.15) is 4.90 Å². The van der Waals surface area contributed by atoms with Crippen LogP contribution in [0.5, 0.6) is 0 Å². The summed E-state index contributed by atoms with van der Waals surface area (Å²) >= 11 is 7.59. The second-order valence-electron chi connectivity index (χ2n) is 7.48. The van der Waals surface area contributed by atoms with Gasteiger partial charge >= 0.3 is 6.03 Å². The first-order valence-corrected chi connectivity index (χ1v) is 12.4. The van der Waals surface area contributed by atoms with Gasteiger partial charge in [-0.05, 0) is 31.4 Å². The summed E-state index contributed by atoms with van der Waals surface area (Å²) in [6, 6.07) is 3.60. The third-order valence-electron chi connectivity index (χ3n) is 5.47. The molecule has 8 nitrogen and oxygen atoms in total. The Morgan fingerprint density at radius 3 is 2.83 bits per heavy atom. The molecule has 2 amide bonds. The van der Waals surface area contributed by atoms with E-state index in [1.807, 2.05) is 4.72 Å². The minimum absolute atomic E-state index is 0.0139. The number of aliphatic hydroxyl groups is 1. The highest BCUT2D eigenvalue weighted by atomic mass is 35.5. The fraction of sp³-hybridized carbons (Fsp3) is 0.556. The van der Waals surface area contributed by atoms with Gasteiger partial charge in [-0.15, -0.1) is 0 Å². The van der Waals surface area contributed by atoms with E-state index in [0.717, 1.165) is 43.8 Å². The van der Waals surface area contributed by atoms with Crippen molar-refractivity contribution in [3.05, 3.63) is 28.8 Å². The van der Waals surface area contributed by atoms with Crippen LogP contribution in [0.25, 0.3) is 0 Å². The van der Waals surface area contributed by atoms with E-state index in [-0.39, 0.29) is 16.0 Å². The smallest absolute Gasteiger partial charge is 0.328 e. The molecule has 29 heavy (non-hydrogen) atoms. The van der Waals surface area contributed by atoms with Gasteiger partial charge < -0.3 is 15.3 Å². The van der Waals surface area contributed by atoms with Crippen LogP contribution in [0.4, 0.5) is 4.79 Å². The Hall–Kier alpha value is -1.49. The van der Waals surface area contributed by atoms with Crippen LogP contribution in [0.3, 0.4) is 0 Å². The molecular formula is C18H23ClN4O4S2. The van der Waals surface area contributed by atoms with Crippen molar-refractivity contribution < 1.29 is 18.3 Å². The van der Waals surface area contributed by atoms with E-state index in [4.69, 9.17) is 11.6 Å². The number of fused-ring (bicyclic) bond motifs is 1. The molecule has 2 fully saturated rings. The van der Waals surface area contributed by atoms with Crippen molar-refractivity contribution in [2.45, 2.75) is 48.8 Å². The zero-order valence-electron chi connectivity index (χ0n) is 15.7. The minimum atomic E-state index is -4.20. The Labute approximate surface area is 179 Å². The summed E-state index contributed by atoms with van der Waals surface area (Å²) in [6.45, 7) is 1.35. The highest BCUT2D eigenvalue weighted by molar-refractivity contribution is 8.14. The Balaban J connectivity index is 1.58. The fourth-order valence-electron chi connectivity index (χ4n) is 3.95. The number of thioether (sulfide) groups is 1. The molecule has 1 unspecified atom stereocenters. The van der Waals surface area contributed by atoms with Crippen molar-refractivity contribution in [3.8, 4) is 0 Å². The summed E-state index contributed by atoms with van der Waals surface area (Å²) in [4.78, 5) is 18.2. The number of urea groups is 1. The molecule has 1 atom stereocenters. The molecule has 2 heterocycles. The molecule has 3 N–H and O–H groups in total. The number of amidine groups is 1. The lowest BCUT2D eigenvalue weighted by molar-refractivity contribution is -0.0498. The van der Waals surface area contributed by atoms with Gasteiger partial charge in [0.15, 0.2) is 10.9 Å². The zero-order chi connectivity index (χ0) is 20.6. The maximum atomic E-state index is 12.8. The predicted octanol–water partition coefficient (Wildman–Crippen LogP) is 2.22. The second kappa shape index (κ2) is 7.98. The summed E-state index contributed by atoms with van der Waals surface area (Å²) in [5.74, 6) is 0.336. The van der Waals surface area contributed by atoms with E-state index in [2.05, 4.69) is 10.3 Å². The fourth-order valence-corrected chi connectivity index (χ4v) is 6.63. The molecule has 0 spiro atoms. The first-order chi connectivity index (χ1) is 13.8. The van der Waals surface area contributed by atoms with Crippen LogP contribution in [-0.4, -0.2) is 54.5 Å². The molecule has 1 aromatic rings. The van der Waals surface area contributed by atoms with E-state index in [1.165, 1.54) is 23.9 Å². The van der Waals surface area contributed by atoms with Crippen molar-refractivity contribution in [1.82, 2.24) is 14.9 Å². The van der Waals surface area contributed by atoms with Gasteiger partial charge in [0.05, 0.1) is 10.8 Å². The average molecular weight is 459 g/mol. The number of benzene rings is 1. The number of hydrogen-bond acceptors (Lipinski definition) is 7. The molecule has 11 heteroatoms. The number of nitrogens with zero attached hydrogens (tertiary/aromatic N) is 2. The van der Waals surface area contributed by atoms with Gasteiger partial charge in [0.25, 0.3) is 10.0 Å². The van der Waals surface area contributed by atoms with E-state index < -0.39 is 21.8 Å². The third kappa shape index (κ3) is 4.08. The molecule has 3 aliphatic rings. The molecule has 1 aromatic carbocycles. The van der Waals surface area contributed by atoms with Gasteiger partial charge in [-0.1, -0.05) is 42.3 Å². The topological polar surface area (TPSA) is 111 Å². The predicted molar refractivity (Wildman–Crippen MR) is 113 cm³/mol. The number of amides is 2. The molecule has 1 aliphatic carbocycles. The standard InChI is InChI=1S/C18H23ClN4O4S2/c19-14-7-6-12(18(25)11-28-17-20-8-3-9-23(17)18)10-15(14)29(26,27)22-16(24)21-13-4-1-2-5-13/h6-7,10,13,25H,1-5,8-9,11H2,(H2,21,22,24). The van der Waals surface area contributed by atoms with Gasteiger partial charge in [-0.25, -0.2) is 17.9 Å². The lowest BCUT2D eigenvalue weighted by atomic mass is 10.0. The SMILES string of the molecule is O=C(NC1CCCC1)NS(=O)(=O)c1cc(C2(O)CSC3=NCCCN32)ccc1Cl. The monoisotopic (exact) mass is 458 g/mol. The van der Waals surface area contributed by atoms with Gasteiger partial charge in [0, 0.05) is 24.7 Å². The molecule has 158 valence electrons. The molecule has 0 radical (unpaired) electrons. The lowest BCUT2D eigenvalue weighted by Crippen LogP contribution is -2.47. The Bertz CT molecular complexity index is 949. The molecule has 1 saturated carbocycles. The summed E-state index contributed by atoms with van der Waals surface area (Å²) < 4.78 is 27.7. The van der Waals surface area contributed by atoms with E-state index in [9.17, 15) is 18.3 Å². The third-order valence-corrected chi connectivity index (χ3v) is 8.43. The van der Waals surface area contributed by atoms with Crippen LogP contribution < -0.4 is 10.0 Å². The second-order valence-corrected chi connectivity index (χ2v) is 10.5. The highest BCUT2D eigenvalue weighted by Gasteiger charge is 2.46. The van der Waals surface area contributed by atoms with Crippen molar-refractivity contribution in [2.24, 2.45) is 4.99 Å². The summed E-state index contributed by atoms with van der Waals surface area (Å²) in [7, 11) is -4.20. The van der Waals surface area contributed by atoms with Gasteiger partial charge in [-0.3, -0.25) is 4.99 Å². The van der Waals surface area contributed by atoms with Crippen LogP contribution in [0.2, 0.25) is 5.02 Å². The highest BCUT2D eigenvalue weighted by Crippen LogP contribution is 2.41.